The summed E-state index contributed by atoms with van der Waals surface area (Å²) in [6, 6.07) is 0. The van der Waals surface area contributed by atoms with Crippen LogP contribution in [-0.2, 0) is 14.2 Å². The van der Waals surface area contributed by atoms with Crippen LogP contribution in [0.25, 0.3) is 0 Å². The summed E-state index contributed by atoms with van der Waals surface area (Å²) in [7, 11) is 0. The largest absolute Gasteiger partial charge is 0.450 e. The van der Waals surface area contributed by atoms with Gasteiger partial charge in [-0.25, -0.2) is 14.4 Å². The molecule has 9 heteroatoms. The number of unbranched alkanes of at least 4 members (excludes halogenated alkanes) is 40. The van der Waals surface area contributed by atoms with E-state index >= 15 is 0 Å². The molecule has 0 aliphatic carbocycles. The Hall–Kier alpha value is -2.19. The standard InChI is InChI=1S/C57H113N3O6/c1-4-7-10-13-16-19-22-25-28-31-34-37-40-44-49-58-55(61)64-52-47-43-48-54(66-57(63)60-51-46-42-39-36-33-30-27-24-21-18-15-12-9-6-3)53-65-56(62)59-50-45-41-38-35-32-29-26-23-20-17-14-11-8-5-2/h54H,4-53H2,1-3H3,(H,58,61)(H,59,62)(H,60,63). The van der Waals surface area contributed by atoms with Crippen molar-refractivity contribution < 1.29 is 28.6 Å². The fourth-order valence-corrected chi connectivity index (χ4v) is 8.81. The van der Waals surface area contributed by atoms with Crippen LogP contribution in [0.15, 0.2) is 0 Å². The van der Waals surface area contributed by atoms with E-state index in [1.54, 1.807) is 0 Å². The van der Waals surface area contributed by atoms with Gasteiger partial charge in [-0.05, 0) is 38.5 Å². The fourth-order valence-electron chi connectivity index (χ4n) is 8.81. The van der Waals surface area contributed by atoms with Gasteiger partial charge in [0.1, 0.15) is 12.7 Å². The smallest absolute Gasteiger partial charge is 0.407 e. The predicted molar refractivity (Wildman–Crippen MR) is 282 cm³/mol. The third-order valence-corrected chi connectivity index (χ3v) is 13.2. The summed E-state index contributed by atoms with van der Waals surface area (Å²) in [4.78, 5) is 37.5. The molecule has 0 aliphatic heterocycles. The number of alkyl carbamates (subject to hydrolysis) is 3. The average Bonchev–Trinajstić information content (AvgIpc) is 3.31. The number of nitrogens with one attached hydrogen (secondary N) is 3. The summed E-state index contributed by atoms with van der Waals surface area (Å²) in [6.07, 6.45) is 54.5. The van der Waals surface area contributed by atoms with E-state index in [9.17, 15) is 14.4 Å². The molecule has 0 saturated heterocycles. The zero-order valence-corrected chi connectivity index (χ0v) is 44.4. The fraction of sp³-hybridized carbons (Fsp3) is 0.947. The summed E-state index contributed by atoms with van der Waals surface area (Å²) < 4.78 is 16.7. The molecule has 0 radical (unpaired) electrons. The van der Waals surface area contributed by atoms with E-state index in [1.165, 1.54) is 231 Å². The number of carbonyl (C=O) groups excluding carboxylic acids is 3. The van der Waals surface area contributed by atoms with Crippen molar-refractivity contribution in [3.05, 3.63) is 0 Å². The van der Waals surface area contributed by atoms with E-state index in [0.717, 1.165) is 38.5 Å². The Labute approximate surface area is 410 Å². The van der Waals surface area contributed by atoms with Crippen LogP contribution in [0.2, 0.25) is 0 Å². The van der Waals surface area contributed by atoms with E-state index in [4.69, 9.17) is 14.2 Å². The molecular formula is C57H113N3O6. The molecule has 66 heavy (non-hydrogen) atoms. The minimum atomic E-state index is -0.567. The summed E-state index contributed by atoms with van der Waals surface area (Å²) in [5.41, 5.74) is 0. The Bertz CT molecular complexity index is 999. The highest BCUT2D eigenvalue weighted by molar-refractivity contribution is 5.68. The Balaban J connectivity index is 4.26. The molecule has 3 amide bonds. The van der Waals surface area contributed by atoms with Gasteiger partial charge in [-0.3, -0.25) is 0 Å². The zero-order valence-electron chi connectivity index (χ0n) is 44.4. The first kappa shape index (κ1) is 63.8. The lowest BCUT2D eigenvalue weighted by Gasteiger charge is -2.18. The highest BCUT2D eigenvalue weighted by atomic mass is 16.6. The van der Waals surface area contributed by atoms with Crippen LogP contribution in [-0.4, -0.2) is 57.2 Å². The molecule has 0 saturated carbocycles. The first-order valence-corrected chi connectivity index (χ1v) is 29.3. The van der Waals surface area contributed by atoms with Gasteiger partial charge in [0.2, 0.25) is 0 Å². The van der Waals surface area contributed by atoms with E-state index in [-0.39, 0.29) is 12.7 Å². The van der Waals surface area contributed by atoms with Gasteiger partial charge < -0.3 is 30.2 Å². The molecule has 0 spiro atoms. The predicted octanol–water partition coefficient (Wildman–Crippen LogP) is 18.1. The number of hydrogen-bond acceptors (Lipinski definition) is 6. The van der Waals surface area contributed by atoms with Crippen molar-refractivity contribution in [2.75, 3.05) is 32.8 Å². The molecule has 0 fully saturated rings. The van der Waals surface area contributed by atoms with Crippen LogP contribution < -0.4 is 16.0 Å². The third-order valence-electron chi connectivity index (χ3n) is 13.2. The van der Waals surface area contributed by atoms with Crippen molar-refractivity contribution in [1.82, 2.24) is 16.0 Å². The van der Waals surface area contributed by atoms with E-state index in [2.05, 4.69) is 36.7 Å². The average molecular weight is 937 g/mol. The Morgan fingerprint density at radius 2 is 0.561 bits per heavy atom. The highest BCUT2D eigenvalue weighted by Crippen LogP contribution is 2.16. The van der Waals surface area contributed by atoms with Crippen molar-refractivity contribution in [2.45, 2.75) is 316 Å². The SMILES string of the molecule is CCCCCCCCCCCCCCCCNC(=O)OCCCCC(COC(=O)NCCCCCCCCCCCCCCCC)OC(=O)NCCCCCCCCCCCCCCCC. The van der Waals surface area contributed by atoms with Crippen LogP contribution in [0.3, 0.4) is 0 Å². The lowest BCUT2D eigenvalue weighted by molar-refractivity contribution is 0.0380. The number of rotatable bonds is 53. The van der Waals surface area contributed by atoms with Crippen LogP contribution in [0, 0.1) is 0 Å². The Kier molecular flexibility index (Phi) is 53.6. The molecule has 392 valence electrons. The van der Waals surface area contributed by atoms with Crippen LogP contribution in [0.5, 0.6) is 0 Å². The monoisotopic (exact) mass is 936 g/mol. The van der Waals surface area contributed by atoms with Gasteiger partial charge in [-0.1, -0.05) is 271 Å². The topological polar surface area (TPSA) is 115 Å². The minimum absolute atomic E-state index is 0.00259. The molecule has 0 heterocycles. The number of carbonyl (C=O) groups is 3. The molecular weight excluding hydrogens is 823 g/mol. The van der Waals surface area contributed by atoms with E-state index < -0.39 is 18.3 Å². The van der Waals surface area contributed by atoms with Crippen molar-refractivity contribution >= 4 is 18.3 Å². The van der Waals surface area contributed by atoms with Crippen molar-refractivity contribution in [3.8, 4) is 0 Å². The number of amides is 3. The summed E-state index contributed by atoms with van der Waals surface area (Å²) >= 11 is 0. The van der Waals surface area contributed by atoms with Gasteiger partial charge in [-0.2, -0.15) is 0 Å². The number of hydrogen-bond donors (Lipinski definition) is 3. The molecule has 3 N–H and O–H groups in total. The first-order chi connectivity index (χ1) is 32.5. The quantitative estimate of drug-likeness (QED) is 0.0413. The number of ether oxygens (including phenoxy) is 3. The highest BCUT2D eigenvalue weighted by Gasteiger charge is 2.17. The lowest BCUT2D eigenvalue weighted by atomic mass is 10.0. The minimum Gasteiger partial charge on any atom is -0.450 e. The summed E-state index contributed by atoms with van der Waals surface area (Å²) in [5.74, 6) is 0. The molecule has 1 unspecified atom stereocenters. The van der Waals surface area contributed by atoms with Gasteiger partial charge >= 0.3 is 18.3 Å². The van der Waals surface area contributed by atoms with Crippen LogP contribution in [0.1, 0.15) is 310 Å². The van der Waals surface area contributed by atoms with E-state index in [0.29, 0.717) is 45.5 Å². The van der Waals surface area contributed by atoms with Gasteiger partial charge in [0.25, 0.3) is 0 Å². The lowest BCUT2D eigenvalue weighted by Crippen LogP contribution is -2.34. The Morgan fingerprint density at radius 3 is 0.864 bits per heavy atom. The van der Waals surface area contributed by atoms with Crippen molar-refractivity contribution in [2.24, 2.45) is 0 Å². The second-order valence-corrected chi connectivity index (χ2v) is 19.8. The summed E-state index contributed by atoms with van der Waals surface area (Å²) in [6.45, 7) is 8.91. The molecule has 1 atom stereocenters. The maximum absolute atomic E-state index is 12.8. The van der Waals surface area contributed by atoms with Crippen molar-refractivity contribution in [1.29, 1.82) is 0 Å². The zero-order chi connectivity index (χ0) is 47.9. The van der Waals surface area contributed by atoms with Gasteiger partial charge in [0.15, 0.2) is 0 Å². The maximum atomic E-state index is 12.8. The van der Waals surface area contributed by atoms with Gasteiger partial charge in [0, 0.05) is 19.6 Å². The molecule has 0 aromatic rings. The second kappa shape index (κ2) is 55.4. The maximum Gasteiger partial charge on any atom is 0.407 e. The van der Waals surface area contributed by atoms with Crippen LogP contribution in [0.4, 0.5) is 14.4 Å². The molecule has 0 aliphatic rings. The molecule has 0 bridgehead atoms. The van der Waals surface area contributed by atoms with Crippen molar-refractivity contribution in [3.63, 3.8) is 0 Å². The van der Waals surface area contributed by atoms with Crippen LogP contribution >= 0.6 is 0 Å². The van der Waals surface area contributed by atoms with E-state index in [1.807, 2.05) is 0 Å². The third kappa shape index (κ3) is 52.8. The molecule has 9 nitrogen and oxygen atoms in total. The molecule has 0 aromatic heterocycles. The summed E-state index contributed by atoms with van der Waals surface area (Å²) in [5, 5.41) is 8.66. The first-order valence-electron chi connectivity index (χ1n) is 29.3. The van der Waals surface area contributed by atoms with Gasteiger partial charge in [-0.15, -0.1) is 0 Å². The van der Waals surface area contributed by atoms with Gasteiger partial charge in [0.05, 0.1) is 6.61 Å². The normalized spacial score (nSPS) is 11.7. The molecule has 0 rings (SSSR count). The molecule has 0 aromatic carbocycles. The Morgan fingerprint density at radius 1 is 0.303 bits per heavy atom. The second-order valence-electron chi connectivity index (χ2n) is 19.8.